The molecule has 0 bridgehead atoms. The second-order valence-electron chi connectivity index (χ2n) is 6.69. The largest absolute Gasteiger partial charge is 0.325 e. The molecule has 0 fully saturated rings. The van der Waals surface area contributed by atoms with Gasteiger partial charge in [-0.05, 0) is 38.1 Å². The standard InChI is InChI=1S/C22H19N5O2S/c1-14(28)16-7-6-8-17(11-16)26-21(29)15(2)30-22-19-12-25-27(20(19)23-13-24-22)18-9-4-3-5-10-18/h3-13,15H,1-2H3,(H,26,29)/t15-/m1/s1. The number of thioether (sulfide) groups is 1. The Morgan fingerprint density at radius 1 is 1.07 bits per heavy atom. The second-order valence-corrected chi connectivity index (χ2v) is 8.02. The summed E-state index contributed by atoms with van der Waals surface area (Å²) in [6.45, 7) is 3.31. The van der Waals surface area contributed by atoms with E-state index in [2.05, 4.69) is 20.4 Å². The first-order chi connectivity index (χ1) is 14.5. The molecule has 0 aliphatic rings. The SMILES string of the molecule is CC(=O)c1cccc(NC(=O)[C@@H](C)Sc2ncnc3c2cnn3-c2ccccc2)c1. The molecule has 1 atom stereocenters. The van der Waals surface area contributed by atoms with E-state index in [0.717, 1.165) is 11.1 Å². The Hall–Kier alpha value is -3.52. The van der Waals surface area contributed by atoms with Crippen molar-refractivity contribution in [2.75, 3.05) is 5.32 Å². The Morgan fingerprint density at radius 2 is 1.87 bits per heavy atom. The number of hydrogen-bond acceptors (Lipinski definition) is 6. The van der Waals surface area contributed by atoms with E-state index in [1.54, 1.807) is 35.1 Å². The minimum atomic E-state index is -0.413. The number of hydrogen-bond donors (Lipinski definition) is 1. The van der Waals surface area contributed by atoms with Gasteiger partial charge in [-0.2, -0.15) is 5.10 Å². The molecule has 2 heterocycles. The quantitative estimate of drug-likeness (QED) is 0.288. The number of rotatable bonds is 6. The number of fused-ring (bicyclic) bond motifs is 1. The molecule has 2 aromatic heterocycles. The average Bonchev–Trinajstić information content (AvgIpc) is 3.19. The molecule has 4 aromatic rings. The molecule has 1 amide bonds. The average molecular weight is 417 g/mol. The van der Waals surface area contributed by atoms with Crippen molar-refractivity contribution in [3.05, 3.63) is 72.7 Å². The minimum Gasteiger partial charge on any atom is -0.325 e. The topological polar surface area (TPSA) is 89.8 Å². The van der Waals surface area contributed by atoms with Crippen LogP contribution in [0.2, 0.25) is 0 Å². The van der Waals surface area contributed by atoms with E-state index < -0.39 is 5.25 Å². The number of para-hydroxylation sites is 1. The highest BCUT2D eigenvalue weighted by Crippen LogP contribution is 2.29. The van der Waals surface area contributed by atoms with Crippen LogP contribution in [0.3, 0.4) is 0 Å². The molecule has 0 aliphatic heterocycles. The molecule has 2 aromatic carbocycles. The van der Waals surface area contributed by atoms with Gasteiger partial charge >= 0.3 is 0 Å². The van der Waals surface area contributed by atoms with Crippen LogP contribution in [0, 0.1) is 0 Å². The van der Waals surface area contributed by atoms with E-state index >= 15 is 0 Å². The van der Waals surface area contributed by atoms with Crippen molar-refractivity contribution >= 4 is 40.2 Å². The smallest absolute Gasteiger partial charge is 0.237 e. The molecule has 1 N–H and O–H groups in total. The third-order valence-corrected chi connectivity index (χ3v) is 5.64. The van der Waals surface area contributed by atoms with Gasteiger partial charge in [-0.25, -0.2) is 14.6 Å². The summed E-state index contributed by atoms with van der Waals surface area (Å²) in [5.41, 5.74) is 2.72. The molecule has 0 unspecified atom stereocenters. The number of carbonyl (C=O) groups excluding carboxylic acids is 2. The Bertz CT molecular complexity index is 1220. The summed E-state index contributed by atoms with van der Waals surface area (Å²) < 4.78 is 1.75. The summed E-state index contributed by atoms with van der Waals surface area (Å²) in [5, 5.41) is 8.35. The summed E-state index contributed by atoms with van der Waals surface area (Å²) in [6.07, 6.45) is 3.19. The molecule has 0 saturated carbocycles. The monoisotopic (exact) mass is 417 g/mol. The van der Waals surface area contributed by atoms with Crippen LogP contribution < -0.4 is 5.32 Å². The zero-order valence-corrected chi connectivity index (χ0v) is 17.3. The van der Waals surface area contributed by atoms with Crippen molar-refractivity contribution in [2.24, 2.45) is 0 Å². The van der Waals surface area contributed by atoms with Crippen LogP contribution in [0.25, 0.3) is 16.7 Å². The highest BCUT2D eigenvalue weighted by atomic mass is 32.2. The van der Waals surface area contributed by atoms with Gasteiger partial charge in [0.25, 0.3) is 0 Å². The van der Waals surface area contributed by atoms with Gasteiger partial charge in [0, 0.05) is 11.3 Å². The van der Waals surface area contributed by atoms with Crippen LogP contribution in [0.5, 0.6) is 0 Å². The van der Waals surface area contributed by atoms with Crippen molar-refractivity contribution in [3.63, 3.8) is 0 Å². The van der Waals surface area contributed by atoms with Crippen LogP contribution in [0.1, 0.15) is 24.2 Å². The van der Waals surface area contributed by atoms with Crippen LogP contribution in [-0.4, -0.2) is 36.7 Å². The van der Waals surface area contributed by atoms with Crippen LogP contribution in [0.15, 0.2) is 72.1 Å². The van der Waals surface area contributed by atoms with Crippen molar-refractivity contribution in [1.82, 2.24) is 19.7 Å². The fourth-order valence-corrected chi connectivity index (χ4v) is 3.84. The third kappa shape index (κ3) is 4.08. The molecule has 4 rings (SSSR count). The molecule has 8 heteroatoms. The van der Waals surface area contributed by atoms with Crippen molar-refractivity contribution in [3.8, 4) is 5.69 Å². The first-order valence-electron chi connectivity index (χ1n) is 9.35. The van der Waals surface area contributed by atoms with Crippen molar-refractivity contribution < 1.29 is 9.59 Å². The van der Waals surface area contributed by atoms with Crippen LogP contribution in [-0.2, 0) is 4.79 Å². The van der Waals surface area contributed by atoms with Gasteiger partial charge in [-0.1, -0.05) is 42.1 Å². The van der Waals surface area contributed by atoms with Gasteiger partial charge in [0.1, 0.15) is 11.4 Å². The lowest BCUT2D eigenvalue weighted by molar-refractivity contribution is -0.115. The van der Waals surface area contributed by atoms with E-state index in [1.807, 2.05) is 37.3 Å². The van der Waals surface area contributed by atoms with E-state index in [9.17, 15) is 9.59 Å². The second kappa shape index (κ2) is 8.46. The number of benzene rings is 2. The summed E-state index contributed by atoms with van der Waals surface area (Å²) in [5.74, 6) is -0.227. The highest BCUT2D eigenvalue weighted by molar-refractivity contribution is 8.00. The van der Waals surface area contributed by atoms with E-state index in [-0.39, 0.29) is 11.7 Å². The fourth-order valence-electron chi connectivity index (χ4n) is 2.96. The number of nitrogens with zero attached hydrogens (tertiary/aromatic N) is 4. The molecular formula is C22H19N5O2S. The maximum absolute atomic E-state index is 12.7. The summed E-state index contributed by atoms with van der Waals surface area (Å²) >= 11 is 1.34. The number of nitrogens with one attached hydrogen (secondary N) is 1. The Balaban J connectivity index is 1.54. The highest BCUT2D eigenvalue weighted by Gasteiger charge is 2.19. The molecule has 7 nitrogen and oxygen atoms in total. The molecule has 150 valence electrons. The number of Topliss-reactive ketones (excluding diaryl/α,β-unsaturated/α-hetero) is 1. The van der Waals surface area contributed by atoms with Gasteiger partial charge in [0.15, 0.2) is 11.4 Å². The first-order valence-corrected chi connectivity index (χ1v) is 10.2. The van der Waals surface area contributed by atoms with E-state index in [4.69, 9.17) is 0 Å². The summed E-state index contributed by atoms with van der Waals surface area (Å²) in [7, 11) is 0. The summed E-state index contributed by atoms with van der Waals surface area (Å²) in [6, 6.07) is 16.6. The normalized spacial score (nSPS) is 11.9. The lowest BCUT2D eigenvalue weighted by Gasteiger charge is -2.12. The van der Waals surface area contributed by atoms with Gasteiger partial charge in [0.2, 0.25) is 5.91 Å². The fraction of sp³-hybridized carbons (Fsp3) is 0.136. The molecule has 0 aliphatic carbocycles. The van der Waals surface area contributed by atoms with E-state index in [1.165, 1.54) is 25.0 Å². The Kier molecular flexibility index (Phi) is 5.58. The van der Waals surface area contributed by atoms with Crippen LogP contribution in [0.4, 0.5) is 5.69 Å². The van der Waals surface area contributed by atoms with Crippen molar-refractivity contribution in [2.45, 2.75) is 24.1 Å². The summed E-state index contributed by atoms with van der Waals surface area (Å²) in [4.78, 5) is 33.0. The lowest BCUT2D eigenvalue weighted by atomic mass is 10.1. The number of ketones is 1. The number of amides is 1. The predicted octanol–water partition coefficient (Wildman–Crippen LogP) is 4.14. The number of aromatic nitrogens is 4. The molecule has 30 heavy (non-hydrogen) atoms. The maximum atomic E-state index is 12.7. The van der Waals surface area contributed by atoms with Gasteiger partial charge < -0.3 is 5.32 Å². The lowest BCUT2D eigenvalue weighted by Crippen LogP contribution is -2.22. The minimum absolute atomic E-state index is 0.0488. The molecule has 0 radical (unpaired) electrons. The van der Waals surface area contributed by atoms with Gasteiger partial charge in [-0.3, -0.25) is 9.59 Å². The van der Waals surface area contributed by atoms with Gasteiger partial charge in [-0.15, -0.1) is 0 Å². The molecule has 0 saturated heterocycles. The third-order valence-electron chi connectivity index (χ3n) is 4.52. The zero-order valence-electron chi connectivity index (χ0n) is 16.4. The Morgan fingerprint density at radius 3 is 2.63 bits per heavy atom. The first kappa shape index (κ1) is 19.8. The van der Waals surface area contributed by atoms with Crippen LogP contribution >= 0.6 is 11.8 Å². The predicted molar refractivity (Wildman–Crippen MR) is 117 cm³/mol. The molecular weight excluding hydrogens is 398 g/mol. The maximum Gasteiger partial charge on any atom is 0.237 e. The number of anilines is 1. The van der Waals surface area contributed by atoms with Gasteiger partial charge in [0.05, 0.1) is 22.5 Å². The van der Waals surface area contributed by atoms with E-state index in [0.29, 0.717) is 21.9 Å². The molecule has 0 spiro atoms. The Labute approximate surface area is 177 Å². The number of carbonyl (C=O) groups is 2. The zero-order chi connectivity index (χ0) is 21.1. The van der Waals surface area contributed by atoms with Crippen molar-refractivity contribution in [1.29, 1.82) is 0 Å².